The van der Waals surface area contributed by atoms with Gasteiger partial charge in [0.25, 0.3) is 0 Å². The smallest absolute Gasteiger partial charge is 0.171 e. The van der Waals surface area contributed by atoms with Crippen molar-refractivity contribution in [3.05, 3.63) is 0 Å². The van der Waals surface area contributed by atoms with Crippen LogP contribution >= 0.6 is 0 Å². The summed E-state index contributed by atoms with van der Waals surface area (Å²) in [5.74, 6) is -0.521. The Bertz CT molecular complexity index is 191. The molecule has 3 N–H and O–H groups in total. The zero-order valence-corrected chi connectivity index (χ0v) is 7.79. The Kier molecular flexibility index (Phi) is 2.32. The Morgan fingerprint density at radius 3 is 2.54 bits per heavy atom. The lowest BCUT2D eigenvalue weighted by molar-refractivity contribution is -0.215. The van der Waals surface area contributed by atoms with Gasteiger partial charge < -0.3 is 20.3 Å². The Hall–Kier alpha value is -0.160. The van der Waals surface area contributed by atoms with Crippen molar-refractivity contribution in [2.24, 2.45) is 5.73 Å². The van der Waals surface area contributed by atoms with Gasteiger partial charge in [-0.05, 0) is 12.8 Å². The van der Waals surface area contributed by atoms with Crippen molar-refractivity contribution in [3.8, 4) is 0 Å². The third-order valence-corrected chi connectivity index (χ3v) is 2.99. The SMILES string of the molecule is NC[C@@]1(O)CCCC2(C1)OCCO2. The van der Waals surface area contributed by atoms with Gasteiger partial charge in [-0.15, -0.1) is 0 Å². The summed E-state index contributed by atoms with van der Waals surface area (Å²) in [7, 11) is 0. The van der Waals surface area contributed by atoms with Crippen LogP contribution in [0.1, 0.15) is 25.7 Å². The van der Waals surface area contributed by atoms with Gasteiger partial charge in [0.15, 0.2) is 5.79 Å². The highest BCUT2D eigenvalue weighted by molar-refractivity contribution is 4.93. The maximum atomic E-state index is 10.0. The highest BCUT2D eigenvalue weighted by Crippen LogP contribution is 2.40. The van der Waals surface area contributed by atoms with Gasteiger partial charge in [0.2, 0.25) is 0 Å². The van der Waals surface area contributed by atoms with E-state index in [4.69, 9.17) is 15.2 Å². The first-order chi connectivity index (χ1) is 6.18. The van der Waals surface area contributed by atoms with E-state index >= 15 is 0 Å². The molecule has 0 amide bonds. The van der Waals surface area contributed by atoms with E-state index in [1.807, 2.05) is 0 Å². The summed E-state index contributed by atoms with van der Waals surface area (Å²) < 4.78 is 11.1. The third-order valence-electron chi connectivity index (χ3n) is 2.99. The molecule has 1 atom stereocenters. The van der Waals surface area contributed by atoms with Gasteiger partial charge in [-0.1, -0.05) is 0 Å². The molecule has 13 heavy (non-hydrogen) atoms. The zero-order valence-electron chi connectivity index (χ0n) is 7.79. The van der Waals surface area contributed by atoms with Gasteiger partial charge in [-0.25, -0.2) is 0 Å². The monoisotopic (exact) mass is 187 g/mol. The van der Waals surface area contributed by atoms with Crippen LogP contribution in [0.15, 0.2) is 0 Å². The molecule has 4 heteroatoms. The van der Waals surface area contributed by atoms with Crippen LogP contribution in [0.25, 0.3) is 0 Å². The summed E-state index contributed by atoms with van der Waals surface area (Å²) in [5, 5.41) is 10.0. The summed E-state index contributed by atoms with van der Waals surface area (Å²) in [6.07, 6.45) is 3.09. The second kappa shape index (κ2) is 3.20. The number of ether oxygens (including phenoxy) is 2. The quantitative estimate of drug-likeness (QED) is 0.606. The molecule has 2 fully saturated rings. The van der Waals surface area contributed by atoms with Gasteiger partial charge in [-0.2, -0.15) is 0 Å². The van der Waals surface area contributed by atoms with Gasteiger partial charge in [0.1, 0.15) is 0 Å². The molecular weight excluding hydrogens is 170 g/mol. The summed E-state index contributed by atoms with van der Waals surface area (Å²) in [6, 6.07) is 0. The van der Waals surface area contributed by atoms with Crippen molar-refractivity contribution in [2.45, 2.75) is 37.1 Å². The predicted molar refractivity (Wildman–Crippen MR) is 47.1 cm³/mol. The van der Waals surface area contributed by atoms with Gasteiger partial charge in [0, 0.05) is 19.4 Å². The molecule has 1 saturated heterocycles. The minimum Gasteiger partial charge on any atom is -0.388 e. The zero-order chi connectivity index (χ0) is 9.36. The van der Waals surface area contributed by atoms with Gasteiger partial charge >= 0.3 is 0 Å². The molecule has 0 radical (unpaired) electrons. The fourth-order valence-corrected chi connectivity index (χ4v) is 2.28. The average Bonchev–Trinajstić information content (AvgIpc) is 2.53. The lowest BCUT2D eigenvalue weighted by atomic mass is 9.81. The Balaban J connectivity index is 2.06. The van der Waals surface area contributed by atoms with Crippen molar-refractivity contribution < 1.29 is 14.6 Å². The second-order valence-electron chi connectivity index (χ2n) is 4.07. The summed E-state index contributed by atoms with van der Waals surface area (Å²) in [4.78, 5) is 0. The fourth-order valence-electron chi connectivity index (χ4n) is 2.28. The maximum Gasteiger partial charge on any atom is 0.171 e. The molecule has 0 unspecified atom stereocenters. The molecule has 2 aliphatic rings. The predicted octanol–water partition coefficient (Wildman–Crippen LogP) is -0.00670. The summed E-state index contributed by atoms with van der Waals surface area (Å²) in [6.45, 7) is 1.57. The first-order valence-electron chi connectivity index (χ1n) is 4.89. The van der Waals surface area contributed by atoms with Crippen molar-refractivity contribution in [1.29, 1.82) is 0 Å². The van der Waals surface area contributed by atoms with Crippen LogP contribution in [-0.4, -0.2) is 36.3 Å². The first-order valence-corrected chi connectivity index (χ1v) is 4.89. The van der Waals surface area contributed by atoms with Crippen molar-refractivity contribution in [1.82, 2.24) is 0 Å². The Morgan fingerprint density at radius 1 is 1.23 bits per heavy atom. The van der Waals surface area contributed by atoms with E-state index in [1.165, 1.54) is 0 Å². The van der Waals surface area contributed by atoms with E-state index in [0.717, 1.165) is 19.3 Å². The lowest BCUT2D eigenvalue weighted by Gasteiger charge is -2.41. The highest BCUT2D eigenvalue weighted by atomic mass is 16.7. The topological polar surface area (TPSA) is 64.7 Å². The fraction of sp³-hybridized carbons (Fsp3) is 1.00. The molecule has 0 aromatic rings. The lowest BCUT2D eigenvalue weighted by Crippen LogP contribution is -2.50. The molecule has 1 spiro atoms. The van der Waals surface area contributed by atoms with Crippen LogP contribution in [0.2, 0.25) is 0 Å². The minimum atomic E-state index is -0.775. The molecule has 2 rings (SSSR count). The van der Waals surface area contributed by atoms with E-state index in [-0.39, 0.29) is 0 Å². The molecule has 0 bridgehead atoms. The molecule has 0 aromatic heterocycles. The van der Waals surface area contributed by atoms with Crippen molar-refractivity contribution in [2.75, 3.05) is 19.8 Å². The molecule has 1 saturated carbocycles. The molecule has 1 aliphatic heterocycles. The number of hydrogen-bond acceptors (Lipinski definition) is 4. The third kappa shape index (κ3) is 1.72. The molecule has 76 valence electrons. The maximum absolute atomic E-state index is 10.0. The average molecular weight is 187 g/mol. The Morgan fingerprint density at radius 2 is 1.92 bits per heavy atom. The van der Waals surface area contributed by atoms with Crippen LogP contribution < -0.4 is 5.73 Å². The van der Waals surface area contributed by atoms with E-state index in [9.17, 15) is 5.11 Å². The van der Waals surface area contributed by atoms with Crippen LogP contribution in [-0.2, 0) is 9.47 Å². The van der Waals surface area contributed by atoms with Crippen molar-refractivity contribution >= 4 is 0 Å². The van der Waals surface area contributed by atoms with Crippen LogP contribution in [0.5, 0.6) is 0 Å². The molecule has 1 aliphatic carbocycles. The second-order valence-corrected chi connectivity index (χ2v) is 4.07. The standard InChI is InChI=1S/C9H17NO3/c10-7-8(11)2-1-3-9(6-8)12-4-5-13-9/h11H,1-7,10H2/t8-/m1/s1. The normalized spacial score (nSPS) is 38.3. The summed E-state index contributed by atoms with van der Waals surface area (Å²) in [5.41, 5.74) is 4.75. The molecule has 1 heterocycles. The molecular formula is C9H17NO3. The number of nitrogens with two attached hydrogens (primary N) is 1. The number of rotatable bonds is 1. The number of aliphatic hydroxyl groups is 1. The van der Waals surface area contributed by atoms with E-state index in [1.54, 1.807) is 0 Å². The minimum absolute atomic E-state index is 0.293. The van der Waals surface area contributed by atoms with Crippen LogP contribution in [0, 0.1) is 0 Å². The highest BCUT2D eigenvalue weighted by Gasteiger charge is 2.47. The van der Waals surface area contributed by atoms with Gasteiger partial charge in [-0.3, -0.25) is 0 Å². The van der Waals surface area contributed by atoms with E-state index in [0.29, 0.717) is 26.2 Å². The number of hydrogen-bond donors (Lipinski definition) is 2. The molecule has 0 aromatic carbocycles. The van der Waals surface area contributed by atoms with E-state index < -0.39 is 11.4 Å². The Labute approximate surface area is 78.0 Å². The van der Waals surface area contributed by atoms with Crippen molar-refractivity contribution in [3.63, 3.8) is 0 Å². The van der Waals surface area contributed by atoms with E-state index in [2.05, 4.69) is 0 Å². The molecule has 4 nitrogen and oxygen atoms in total. The van der Waals surface area contributed by atoms with Gasteiger partial charge in [0.05, 0.1) is 18.8 Å². The van der Waals surface area contributed by atoms with Crippen LogP contribution in [0.3, 0.4) is 0 Å². The summed E-state index contributed by atoms with van der Waals surface area (Å²) >= 11 is 0. The van der Waals surface area contributed by atoms with Crippen LogP contribution in [0.4, 0.5) is 0 Å². The largest absolute Gasteiger partial charge is 0.388 e. The first kappa shape index (κ1) is 9.40.